The fraction of sp³-hybridized carbons (Fsp3) is 0.571. The molecule has 0 saturated carbocycles. The molecule has 1 unspecified atom stereocenters. The van der Waals surface area contributed by atoms with Crippen LogP contribution >= 0.6 is 0 Å². The SMILES string of the molecule is CCCC(C)N(C)c1ccc([C@@H](C)O)cc1[N+](=O)[O-]. The number of anilines is 1. The highest BCUT2D eigenvalue weighted by Crippen LogP contribution is 2.32. The van der Waals surface area contributed by atoms with Crippen molar-refractivity contribution in [1.82, 2.24) is 0 Å². The van der Waals surface area contributed by atoms with Crippen LogP contribution in [0.4, 0.5) is 11.4 Å². The minimum Gasteiger partial charge on any atom is -0.389 e. The van der Waals surface area contributed by atoms with Gasteiger partial charge in [-0.25, -0.2) is 0 Å². The number of hydrogen-bond acceptors (Lipinski definition) is 4. The maximum absolute atomic E-state index is 11.2. The van der Waals surface area contributed by atoms with Crippen molar-refractivity contribution in [2.75, 3.05) is 11.9 Å². The lowest BCUT2D eigenvalue weighted by molar-refractivity contribution is -0.384. The van der Waals surface area contributed by atoms with E-state index in [-0.39, 0.29) is 11.7 Å². The number of nitrogens with zero attached hydrogens (tertiary/aromatic N) is 2. The summed E-state index contributed by atoms with van der Waals surface area (Å²) in [6.07, 6.45) is 1.31. The molecule has 1 N–H and O–H groups in total. The van der Waals surface area contributed by atoms with Gasteiger partial charge in [0.25, 0.3) is 5.69 Å². The van der Waals surface area contributed by atoms with E-state index < -0.39 is 11.0 Å². The molecule has 0 saturated heterocycles. The van der Waals surface area contributed by atoms with Crippen LogP contribution in [0.15, 0.2) is 18.2 Å². The van der Waals surface area contributed by atoms with Crippen molar-refractivity contribution in [1.29, 1.82) is 0 Å². The Morgan fingerprint density at radius 2 is 2.05 bits per heavy atom. The van der Waals surface area contributed by atoms with Crippen LogP contribution in [0.3, 0.4) is 0 Å². The van der Waals surface area contributed by atoms with E-state index in [2.05, 4.69) is 13.8 Å². The first kappa shape index (κ1) is 15.4. The van der Waals surface area contributed by atoms with Crippen molar-refractivity contribution in [3.05, 3.63) is 33.9 Å². The van der Waals surface area contributed by atoms with Crippen molar-refractivity contribution < 1.29 is 10.0 Å². The van der Waals surface area contributed by atoms with Gasteiger partial charge in [0.15, 0.2) is 0 Å². The highest BCUT2D eigenvalue weighted by Gasteiger charge is 2.21. The molecule has 5 nitrogen and oxygen atoms in total. The van der Waals surface area contributed by atoms with Gasteiger partial charge in [0.05, 0.1) is 11.0 Å². The highest BCUT2D eigenvalue weighted by atomic mass is 16.6. The molecule has 0 aliphatic rings. The van der Waals surface area contributed by atoms with E-state index in [9.17, 15) is 15.2 Å². The Bertz CT molecular complexity index is 446. The lowest BCUT2D eigenvalue weighted by Crippen LogP contribution is -2.29. The molecular formula is C14H22N2O3. The summed E-state index contributed by atoms with van der Waals surface area (Å²) in [6.45, 7) is 5.74. The Morgan fingerprint density at radius 3 is 2.53 bits per heavy atom. The molecular weight excluding hydrogens is 244 g/mol. The number of rotatable bonds is 6. The van der Waals surface area contributed by atoms with E-state index in [0.29, 0.717) is 11.3 Å². The lowest BCUT2D eigenvalue weighted by atomic mass is 10.1. The molecule has 0 fully saturated rings. The monoisotopic (exact) mass is 266 g/mol. The van der Waals surface area contributed by atoms with Crippen molar-refractivity contribution in [3.63, 3.8) is 0 Å². The van der Waals surface area contributed by atoms with Crippen LogP contribution in [0.2, 0.25) is 0 Å². The van der Waals surface area contributed by atoms with Crippen molar-refractivity contribution >= 4 is 11.4 Å². The van der Waals surface area contributed by atoms with Crippen LogP contribution in [0.5, 0.6) is 0 Å². The van der Waals surface area contributed by atoms with Gasteiger partial charge < -0.3 is 10.0 Å². The molecule has 1 rings (SSSR count). The molecule has 0 spiro atoms. The fourth-order valence-electron chi connectivity index (χ4n) is 2.09. The summed E-state index contributed by atoms with van der Waals surface area (Å²) in [5.41, 5.74) is 1.20. The fourth-order valence-corrected chi connectivity index (χ4v) is 2.09. The number of nitro groups is 1. The van der Waals surface area contributed by atoms with E-state index in [4.69, 9.17) is 0 Å². The predicted octanol–water partition coefficient (Wildman–Crippen LogP) is 3.27. The molecule has 1 aromatic rings. The number of hydrogen-bond donors (Lipinski definition) is 1. The van der Waals surface area contributed by atoms with Crippen LogP contribution < -0.4 is 4.90 Å². The first-order valence-corrected chi connectivity index (χ1v) is 6.57. The summed E-state index contributed by atoms with van der Waals surface area (Å²) in [6, 6.07) is 5.14. The van der Waals surface area contributed by atoms with Crippen LogP contribution in [0.25, 0.3) is 0 Å². The molecule has 0 aromatic heterocycles. The van der Waals surface area contributed by atoms with E-state index in [0.717, 1.165) is 12.8 Å². The van der Waals surface area contributed by atoms with Gasteiger partial charge in [-0.3, -0.25) is 10.1 Å². The van der Waals surface area contributed by atoms with E-state index in [1.165, 1.54) is 6.07 Å². The Labute approximate surface area is 114 Å². The van der Waals surface area contributed by atoms with Gasteiger partial charge in [-0.15, -0.1) is 0 Å². The summed E-state index contributed by atoms with van der Waals surface area (Å²) in [5.74, 6) is 0. The summed E-state index contributed by atoms with van der Waals surface area (Å²) in [5, 5.41) is 20.7. The third-order valence-electron chi connectivity index (χ3n) is 3.43. The summed E-state index contributed by atoms with van der Waals surface area (Å²) in [4.78, 5) is 12.7. The zero-order valence-electron chi connectivity index (χ0n) is 12.0. The quantitative estimate of drug-likeness (QED) is 0.634. The molecule has 0 radical (unpaired) electrons. The standard InChI is InChI=1S/C14H22N2O3/c1-5-6-10(2)15(4)13-8-7-12(11(3)17)9-14(13)16(18)19/h7-11,17H,5-6H2,1-4H3/t10?,11-/m1/s1. The number of aliphatic hydroxyl groups excluding tert-OH is 1. The minimum atomic E-state index is -0.703. The average molecular weight is 266 g/mol. The smallest absolute Gasteiger partial charge is 0.292 e. The van der Waals surface area contributed by atoms with Crippen LogP contribution in [-0.4, -0.2) is 23.1 Å². The molecule has 0 heterocycles. The molecule has 5 heteroatoms. The van der Waals surface area contributed by atoms with E-state index >= 15 is 0 Å². The largest absolute Gasteiger partial charge is 0.389 e. The molecule has 106 valence electrons. The normalized spacial score (nSPS) is 13.9. The molecule has 0 aliphatic heterocycles. The lowest BCUT2D eigenvalue weighted by Gasteiger charge is -2.26. The van der Waals surface area contributed by atoms with Gasteiger partial charge >= 0.3 is 0 Å². The van der Waals surface area contributed by atoms with Gasteiger partial charge in [-0.1, -0.05) is 19.4 Å². The molecule has 2 atom stereocenters. The molecule has 0 aliphatic carbocycles. The highest BCUT2D eigenvalue weighted by molar-refractivity contribution is 5.64. The van der Waals surface area contributed by atoms with E-state index in [1.54, 1.807) is 19.1 Å². The average Bonchev–Trinajstić information content (AvgIpc) is 2.37. The van der Waals surface area contributed by atoms with Gasteiger partial charge in [-0.2, -0.15) is 0 Å². The maximum Gasteiger partial charge on any atom is 0.292 e. The zero-order chi connectivity index (χ0) is 14.6. The van der Waals surface area contributed by atoms with Gasteiger partial charge in [0.2, 0.25) is 0 Å². The Hall–Kier alpha value is -1.62. The van der Waals surface area contributed by atoms with Gasteiger partial charge in [-0.05, 0) is 31.9 Å². The van der Waals surface area contributed by atoms with Gasteiger partial charge in [0, 0.05) is 19.2 Å². The topological polar surface area (TPSA) is 66.6 Å². The van der Waals surface area contributed by atoms with Gasteiger partial charge in [0.1, 0.15) is 5.69 Å². The molecule has 1 aromatic carbocycles. The van der Waals surface area contributed by atoms with Crippen molar-refractivity contribution in [2.45, 2.75) is 45.8 Å². The predicted molar refractivity (Wildman–Crippen MR) is 76.5 cm³/mol. The minimum absolute atomic E-state index is 0.0452. The Kier molecular flexibility index (Phi) is 5.30. The summed E-state index contributed by atoms with van der Waals surface area (Å²) >= 11 is 0. The number of aliphatic hydroxyl groups is 1. The van der Waals surface area contributed by atoms with Crippen molar-refractivity contribution in [2.24, 2.45) is 0 Å². The number of benzene rings is 1. The molecule has 0 amide bonds. The van der Waals surface area contributed by atoms with Crippen molar-refractivity contribution in [3.8, 4) is 0 Å². The third-order valence-corrected chi connectivity index (χ3v) is 3.43. The second-order valence-corrected chi connectivity index (χ2v) is 4.93. The van der Waals surface area contributed by atoms with Crippen LogP contribution in [0, 0.1) is 10.1 Å². The Balaban J connectivity index is 3.16. The zero-order valence-corrected chi connectivity index (χ0v) is 12.0. The maximum atomic E-state index is 11.2. The summed E-state index contributed by atoms with van der Waals surface area (Å²) < 4.78 is 0. The number of nitro benzene ring substituents is 1. The first-order valence-electron chi connectivity index (χ1n) is 6.57. The second kappa shape index (κ2) is 6.52. The molecule has 19 heavy (non-hydrogen) atoms. The van der Waals surface area contributed by atoms with Crippen LogP contribution in [-0.2, 0) is 0 Å². The summed E-state index contributed by atoms with van der Waals surface area (Å²) in [7, 11) is 1.87. The van der Waals surface area contributed by atoms with E-state index in [1.807, 2.05) is 11.9 Å². The van der Waals surface area contributed by atoms with Crippen LogP contribution in [0.1, 0.15) is 45.3 Å². The first-order chi connectivity index (χ1) is 8.88. The molecule has 0 bridgehead atoms. The second-order valence-electron chi connectivity index (χ2n) is 4.93. The Morgan fingerprint density at radius 1 is 1.42 bits per heavy atom. The third kappa shape index (κ3) is 3.67.